The normalized spacial score (nSPS) is 11.2. The predicted octanol–water partition coefficient (Wildman–Crippen LogP) is -1.85. The van der Waals surface area contributed by atoms with E-state index in [2.05, 4.69) is 0 Å². The van der Waals surface area contributed by atoms with Gasteiger partial charge in [0.1, 0.15) is 33.5 Å². The molecule has 0 spiro atoms. The first-order valence-corrected chi connectivity index (χ1v) is 13.9. The van der Waals surface area contributed by atoms with Gasteiger partial charge in [0.2, 0.25) is 15.0 Å². The third kappa shape index (κ3) is 5.75. The van der Waals surface area contributed by atoms with Crippen LogP contribution >= 0.6 is 15.0 Å². The van der Waals surface area contributed by atoms with Crippen molar-refractivity contribution in [2.24, 2.45) is 0 Å². The Labute approximate surface area is 212 Å². The average molecular weight is 592 g/mol. The third-order valence-corrected chi connectivity index (χ3v) is 12.2. The van der Waals surface area contributed by atoms with Crippen molar-refractivity contribution in [3.63, 3.8) is 0 Å². The zero-order chi connectivity index (χ0) is 20.9. The lowest BCUT2D eigenvalue weighted by Crippen LogP contribution is -3.00. The molecule has 6 heteroatoms. The molecule has 0 atom stereocenters. The summed E-state index contributed by atoms with van der Waals surface area (Å²) in [5, 5.41) is 3.79. The van der Waals surface area contributed by atoms with Crippen LogP contribution in [-0.4, -0.2) is 22.1 Å². The monoisotopic (exact) mass is 590 g/mol. The summed E-state index contributed by atoms with van der Waals surface area (Å²) in [5.74, 6) is 0. The molecule has 2 N–H and O–H groups in total. The summed E-state index contributed by atoms with van der Waals surface area (Å²) in [6, 6.07) is 39.7. The van der Waals surface area contributed by atoms with Crippen LogP contribution in [-0.2, 0) is 0 Å². The molecule has 0 bridgehead atoms. The molecule has 0 radical (unpaired) electrons. The Hall–Kier alpha value is -1.38. The Bertz CT molecular complexity index is 898. The lowest BCUT2D eigenvalue weighted by atomic mass is 10.4. The first-order chi connectivity index (χ1) is 14.6. The molecule has 0 saturated heterocycles. The van der Waals surface area contributed by atoms with Crippen molar-refractivity contribution in [3.8, 4) is 0 Å². The molecular weight excluding hydrogens is 566 g/mol. The van der Waals surface area contributed by atoms with E-state index in [1.54, 1.807) is 0 Å². The molecule has 166 valence electrons. The van der Waals surface area contributed by atoms with Gasteiger partial charge in [0.05, 0.1) is 0 Å². The van der Waals surface area contributed by atoms with Crippen LogP contribution in [0.1, 0.15) is 0 Å². The van der Waals surface area contributed by atoms with Gasteiger partial charge in [0.25, 0.3) is 0 Å². The van der Waals surface area contributed by atoms with Crippen molar-refractivity contribution < 1.29 is 43.7 Å². The topological polar surface area (TPSA) is 40.5 Å². The summed E-state index contributed by atoms with van der Waals surface area (Å²) in [6.45, 7) is 0. The Morgan fingerprint density at radius 3 is 0.750 bits per heavy atom. The van der Waals surface area contributed by atoms with Crippen LogP contribution in [0.15, 0.2) is 121 Å². The smallest absolute Gasteiger partial charge is 0.210 e. The summed E-state index contributed by atoms with van der Waals surface area (Å²) in [6.07, 6.45) is 1.05. The zero-order valence-corrected chi connectivity index (χ0v) is 22.5. The number of halogens is 2. The maximum absolute atomic E-state index is 12.0. The largest absolute Gasteiger partial charge is 1.00 e. The molecule has 0 aliphatic carbocycles. The fourth-order valence-electron chi connectivity index (χ4n) is 3.80. The first kappa shape index (κ1) is 26.9. The molecule has 32 heavy (non-hydrogen) atoms. The number of hydrogen-bond donors (Lipinski definition) is 2. The summed E-state index contributed by atoms with van der Waals surface area (Å²) in [5.41, 5.74) is 0. The van der Waals surface area contributed by atoms with Gasteiger partial charge in [0.15, 0.2) is 0 Å². The van der Waals surface area contributed by atoms with Crippen molar-refractivity contribution in [3.05, 3.63) is 121 Å². The van der Waals surface area contributed by atoms with Crippen LogP contribution in [0.2, 0.25) is 0 Å². The molecule has 0 aliphatic rings. The molecule has 0 fully saturated rings. The summed E-state index contributed by atoms with van der Waals surface area (Å²) >= 11 is 0. The number of rotatable bonds is 7. The fraction of sp³-hybridized carbons (Fsp3) is 0.0769. The minimum Gasteiger partial charge on any atom is -1.00 e. The molecular formula is C26H26Br2O2P2. The minimum absolute atomic E-state index is 0. The SMILES string of the molecule is O[P+](CC[P+](O)(c1ccccc1)c1ccccc1)(c1ccccc1)c1ccccc1.[Br-].[Br-]. The molecule has 0 saturated carbocycles. The van der Waals surface area contributed by atoms with Crippen LogP contribution in [0.3, 0.4) is 0 Å². The summed E-state index contributed by atoms with van der Waals surface area (Å²) in [7, 11) is -5.29. The average Bonchev–Trinajstić information content (AvgIpc) is 2.84. The van der Waals surface area contributed by atoms with Gasteiger partial charge in [0, 0.05) is 0 Å². The van der Waals surface area contributed by atoms with E-state index < -0.39 is 15.0 Å². The van der Waals surface area contributed by atoms with Crippen LogP contribution in [0, 0.1) is 0 Å². The summed E-state index contributed by atoms with van der Waals surface area (Å²) < 4.78 is 0. The summed E-state index contributed by atoms with van der Waals surface area (Å²) in [4.78, 5) is 24.1. The Balaban J connectivity index is 0.00000181. The Morgan fingerprint density at radius 2 is 0.562 bits per heavy atom. The highest BCUT2D eigenvalue weighted by Crippen LogP contribution is 2.59. The minimum atomic E-state index is -2.64. The van der Waals surface area contributed by atoms with E-state index in [-0.39, 0.29) is 34.0 Å². The highest BCUT2D eigenvalue weighted by Gasteiger charge is 2.49. The second kappa shape index (κ2) is 12.2. The third-order valence-electron chi connectivity index (χ3n) is 5.48. The van der Waals surface area contributed by atoms with Crippen LogP contribution in [0.4, 0.5) is 0 Å². The maximum Gasteiger partial charge on any atom is 0.210 e. The van der Waals surface area contributed by atoms with Gasteiger partial charge in [-0.05, 0) is 48.5 Å². The van der Waals surface area contributed by atoms with Crippen LogP contribution in [0.5, 0.6) is 0 Å². The molecule has 4 rings (SSSR count). The van der Waals surface area contributed by atoms with E-state index in [1.807, 2.05) is 121 Å². The van der Waals surface area contributed by atoms with Crippen LogP contribution in [0.25, 0.3) is 0 Å². The Morgan fingerprint density at radius 1 is 0.375 bits per heavy atom. The molecule has 4 aromatic rings. The highest BCUT2D eigenvalue weighted by atomic mass is 79.9. The fourth-order valence-corrected chi connectivity index (χ4v) is 10.4. The van der Waals surface area contributed by atoms with Crippen molar-refractivity contribution in [2.75, 3.05) is 12.3 Å². The molecule has 0 amide bonds. The van der Waals surface area contributed by atoms with Gasteiger partial charge in [-0.3, -0.25) is 0 Å². The van der Waals surface area contributed by atoms with Crippen LogP contribution < -0.4 is 55.2 Å². The second-order valence-corrected chi connectivity index (χ2v) is 13.4. The second-order valence-electron chi connectivity index (χ2n) is 7.33. The van der Waals surface area contributed by atoms with E-state index in [1.165, 1.54) is 0 Å². The number of hydrogen-bond acceptors (Lipinski definition) is 2. The lowest BCUT2D eigenvalue weighted by molar-refractivity contribution is -0.001000. The first-order valence-electron chi connectivity index (χ1n) is 10.1. The highest BCUT2D eigenvalue weighted by molar-refractivity contribution is 7.88. The Kier molecular flexibility index (Phi) is 10.2. The molecule has 0 unspecified atom stereocenters. The molecule has 0 aliphatic heterocycles. The molecule has 0 heterocycles. The van der Waals surface area contributed by atoms with E-state index in [9.17, 15) is 9.79 Å². The van der Waals surface area contributed by atoms with Gasteiger partial charge in [-0.1, -0.05) is 72.8 Å². The maximum atomic E-state index is 12.0. The van der Waals surface area contributed by atoms with E-state index >= 15 is 0 Å². The van der Waals surface area contributed by atoms with Crippen molar-refractivity contribution in [1.82, 2.24) is 0 Å². The van der Waals surface area contributed by atoms with Gasteiger partial charge in [-0.15, -0.1) is 0 Å². The standard InChI is InChI=1S/C26H26O2P2.2BrH/c27-29(23-13-5-1-6-14-23,24-15-7-2-8-16-24)21-22-30(28,25-17-9-3-10-18-25)26-19-11-4-12-20-26;;/h1-20,27-28H,21-22H2;2*1H/q+2;;/p-2. The van der Waals surface area contributed by atoms with E-state index in [4.69, 9.17) is 0 Å². The molecule has 2 nitrogen and oxygen atoms in total. The van der Waals surface area contributed by atoms with Gasteiger partial charge in [-0.2, -0.15) is 0 Å². The van der Waals surface area contributed by atoms with Crippen molar-refractivity contribution >= 4 is 36.2 Å². The van der Waals surface area contributed by atoms with E-state index in [0.29, 0.717) is 12.3 Å². The quantitative estimate of drug-likeness (QED) is 0.248. The number of benzene rings is 4. The van der Waals surface area contributed by atoms with Gasteiger partial charge in [-0.25, -0.2) is 9.79 Å². The molecule has 4 aromatic carbocycles. The van der Waals surface area contributed by atoms with E-state index in [0.717, 1.165) is 21.2 Å². The van der Waals surface area contributed by atoms with Gasteiger partial charge >= 0.3 is 0 Å². The van der Waals surface area contributed by atoms with Crippen molar-refractivity contribution in [1.29, 1.82) is 0 Å². The van der Waals surface area contributed by atoms with Gasteiger partial charge < -0.3 is 34.0 Å². The zero-order valence-electron chi connectivity index (χ0n) is 17.5. The van der Waals surface area contributed by atoms with Crippen molar-refractivity contribution in [2.45, 2.75) is 0 Å². The predicted molar refractivity (Wildman–Crippen MR) is 132 cm³/mol. The lowest BCUT2D eigenvalue weighted by Gasteiger charge is -2.24. The molecule has 0 aromatic heterocycles.